The quantitative estimate of drug-likeness (QED) is 0.802. The Labute approximate surface area is 108 Å². The van der Waals surface area contributed by atoms with Gasteiger partial charge in [-0.25, -0.2) is 5.32 Å². The molecule has 0 heterocycles. The molecule has 2 heteroatoms. The van der Waals surface area contributed by atoms with E-state index in [1.165, 1.54) is 0 Å². The molecule has 1 radical (unpaired) electrons. The lowest BCUT2D eigenvalue weighted by Crippen LogP contribution is -2.16. The van der Waals surface area contributed by atoms with Crippen LogP contribution in [-0.4, -0.2) is 12.5 Å². The number of benzene rings is 2. The first kappa shape index (κ1) is 12.4. The molecule has 18 heavy (non-hydrogen) atoms. The second-order valence-corrected chi connectivity index (χ2v) is 4.13. The fraction of sp³-hybridized carbons (Fsp3) is 0.188. The molecule has 2 aromatic carbocycles. The number of amides is 1. The van der Waals surface area contributed by atoms with Crippen LogP contribution < -0.4 is 5.32 Å². The zero-order valence-corrected chi connectivity index (χ0v) is 10.5. The van der Waals surface area contributed by atoms with E-state index in [2.05, 4.69) is 17.4 Å². The first-order chi connectivity index (χ1) is 8.81. The van der Waals surface area contributed by atoms with Gasteiger partial charge in [-0.05, 0) is 29.7 Å². The molecule has 0 saturated heterocycles. The van der Waals surface area contributed by atoms with Gasteiger partial charge in [-0.2, -0.15) is 0 Å². The number of nitrogens with zero attached hydrogens (tertiary/aromatic N) is 1. The van der Waals surface area contributed by atoms with Crippen molar-refractivity contribution in [3.63, 3.8) is 0 Å². The van der Waals surface area contributed by atoms with E-state index in [0.717, 1.165) is 17.5 Å². The average Bonchev–Trinajstić information content (AvgIpc) is 2.46. The summed E-state index contributed by atoms with van der Waals surface area (Å²) in [5, 5.41) is 3.98. The monoisotopic (exact) mass is 238 g/mol. The highest BCUT2D eigenvalue weighted by Crippen LogP contribution is 2.19. The third-order valence-electron chi connectivity index (χ3n) is 2.72. The number of carbonyl (C=O) groups excluding carboxylic acids is 1. The molecule has 0 aliphatic heterocycles. The fourth-order valence-corrected chi connectivity index (χ4v) is 1.74. The highest BCUT2D eigenvalue weighted by molar-refractivity contribution is 5.94. The molecule has 91 valence electrons. The van der Waals surface area contributed by atoms with E-state index in [-0.39, 0.29) is 5.91 Å². The molecule has 0 unspecified atom stereocenters. The van der Waals surface area contributed by atoms with Gasteiger partial charge in [0.2, 0.25) is 0 Å². The molecule has 0 aliphatic carbocycles. The average molecular weight is 238 g/mol. The Morgan fingerprint density at radius 2 is 1.56 bits per heavy atom. The van der Waals surface area contributed by atoms with Crippen LogP contribution in [0.2, 0.25) is 0 Å². The number of rotatable bonds is 4. The van der Waals surface area contributed by atoms with Gasteiger partial charge in [0.25, 0.3) is 5.91 Å². The van der Waals surface area contributed by atoms with E-state index in [9.17, 15) is 4.79 Å². The van der Waals surface area contributed by atoms with Crippen LogP contribution in [0.4, 0.5) is 0 Å². The number of hydrogen-bond donors (Lipinski definition) is 0. The largest absolute Gasteiger partial charge is 0.272 e. The van der Waals surface area contributed by atoms with Crippen molar-refractivity contribution < 1.29 is 4.79 Å². The van der Waals surface area contributed by atoms with E-state index in [4.69, 9.17) is 0 Å². The lowest BCUT2D eigenvalue weighted by Gasteiger charge is -2.03. The van der Waals surface area contributed by atoms with Crippen LogP contribution in [0.1, 0.15) is 23.7 Å². The van der Waals surface area contributed by atoms with E-state index in [0.29, 0.717) is 12.1 Å². The van der Waals surface area contributed by atoms with Gasteiger partial charge in [0.1, 0.15) is 0 Å². The van der Waals surface area contributed by atoms with Gasteiger partial charge >= 0.3 is 0 Å². The standard InChI is InChI=1S/C16H16NO/c1-2-12-17-16(18)15-10-8-14(9-11-15)13-6-4-3-5-7-13/h3-11H,2,12H2,1H3. The Balaban J connectivity index is 2.13. The van der Waals surface area contributed by atoms with Gasteiger partial charge in [-0.1, -0.05) is 49.4 Å². The highest BCUT2D eigenvalue weighted by Gasteiger charge is 2.05. The van der Waals surface area contributed by atoms with Crippen molar-refractivity contribution in [2.45, 2.75) is 13.3 Å². The normalized spacial score (nSPS) is 10.1. The molecule has 0 atom stereocenters. The lowest BCUT2D eigenvalue weighted by molar-refractivity contribution is 0.0949. The van der Waals surface area contributed by atoms with Crippen molar-refractivity contribution in [3.8, 4) is 11.1 Å². The molecule has 0 aromatic heterocycles. The molecule has 0 bridgehead atoms. The minimum absolute atomic E-state index is 0.128. The summed E-state index contributed by atoms with van der Waals surface area (Å²) in [6, 6.07) is 17.7. The molecule has 2 nitrogen and oxygen atoms in total. The zero-order valence-electron chi connectivity index (χ0n) is 10.5. The third-order valence-corrected chi connectivity index (χ3v) is 2.72. The van der Waals surface area contributed by atoms with Crippen LogP contribution in [0.25, 0.3) is 11.1 Å². The summed E-state index contributed by atoms with van der Waals surface area (Å²) < 4.78 is 0. The molecule has 0 aliphatic rings. The van der Waals surface area contributed by atoms with Crippen LogP contribution in [0.5, 0.6) is 0 Å². The van der Waals surface area contributed by atoms with Crippen LogP contribution in [0.15, 0.2) is 54.6 Å². The van der Waals surface area contributed by atoms with Crippen molar-refractivity contribution in [2.24, 2.45) is 0 Å². The molecule has 0 spiro atoms. The lowest BCUT2D eigenvalue weighted by atomic mass is 10.0. The number of carbonyl (C=O) groups is 1. The highest BCUT2D eigenvalue weighted by atomic mass is 16.1. The van der Waals surface area contributed by atoms with Crippen LogP contribution in [0, 0.1) is 0 Å². The summed E-state index contributed by atoms with van der Waals surface area (Å²) in [4.78, 5) is 11.7. The summed E-state index contributed by atoms with van der Waals surface area (Å²) >= 11 is 0. The summed E-state index contributed by atoms with van der Waals surface area (Å²) in [7, 11) is 0. The van der Waals surface area contributed by atoms with Gasteiger partial charge in [0.05, 0.1) is 0 Å². The molecule has 2 rings (SSSR count). The van der Waals surface area contributed by atoms with E-state index >= 15 is 0 Å². The maximum Gasteiger partial charge on any atom is 0.272 e. The molecule has 0 N–H and O–H groups in total. The molecule has 2 aromatic rings. The van der Waals surface area contributed by atoms with E-state index < -0.39 is 0 Å². The maximum absolute atomic E-state index is 11.7. The van der Waals surface area contributed by atoms with Gasteiger partial charge in [0, 0.05) is 12.1 Å². The first-order valence-corrected chi connectivity index (χ1v) is 6.18. The minimum Gasteiger partial charge on any atom is -0.267 e. The summed E-state index contributed by atoms with van der Waals surface area (Å²) in [6.07, 6.45) is 0.897. The smallest absolute Gasteiger partial charge is 0.267 e. The Kier molecular flexibility index (Phi) is 4.13. The molecular formula is C16H16NO. The van der Waals surface area contributed by atoms with Gasteiger partial charge in [0.15, 0.2) is 0 Å². The van der Waals surface area contributed by atoms with Crippen LogP contribution >= 0.6 is 0 Å². The Bertz CT molecular complexity index is 502. The molecular weight excluding hydrogens is 222 g/mol. The predicted molar refractivity (Wildman–Crippen MR) is 73.5 cm³/mol. The zero-order chi connectivity index (χ0) is 12.8. The van der Waals surface area contributed by atoms with Crippen molar-refractivity contribution in [1.29, 1.82) is 0 Å². The Morgan fingerprint density at radius 3 is 2.17 bits per heavy atom. The number of hydrogen-bond acceptors (Lipinski definition) is 1. The molecule has 0 fully saturated rings. The first-order valence-electron chi connectivity index (χ1n) is 6.18. The van der Waals surface area contributed by atoms with Crippen molar-refractivity contribution in [1.82, 2.24) is 5.32 Å². The second kappa shape index (κ2) is 6.01. The fourth-order valence-electron chi connectivity index (χ4n) is 1.74. The SMILES string of the molecule is CCC[N]C(=O)c1ccc(-c2ccccc2)cc1. The van der Waals surface area contributed by atoms with Crippen LogP contribution in [-0.2, 0) is 0 Å². The third kappa shape index (κ3) is 2.98. The Morgan fingerprint density at radius 1 is 0.944 bits per heavy atom. The molecule has 1 amide bonds. The molecule has 0 saturated carbocycles. The minimum atomic E-state index is -0.128. The van der Waals surface area contributed by atoms with Crippen molar-refractivity contribution in [3.05, 3.63) is 60.2 Å². The van der Waals surface area contributed by atoms with Gasteiger partial charge < -0.3 is 0 Å². The van der Waals surface area contributed by atoms with Crippen molar-refractivity contribution in [2.75, 3.05) is 6.54 Å². The van der Waals surface area contributed by atoms with Gasteiger partial charge in [-0.15, -0.1) is 0 Å². The predicted octanol–water partition coefficient (Wildman–Crippen LogP) is 3.51. The topological polar surface area (TPSA) is 31.2 Å². The van der Waals surface area contributed by atoms with E-state index in [1.807, 2.05) is 49.4 Å². The van der Waals surface area contributed by atoms with Crippen molar-refractivity contribution >= 4 is 5.91 Å². The summed E-state index contributed by atoms with van der Waals surface area (Å²) in [6.45, 7) is 2.61. The van der Waals surface area contributed by atoms with E-state index in [1.54, 1.807) is 0 Å². The Hall–Kier alpha value is -2.09. The summed E-state index contributed by atoms with van der Waals surface area (Å²) in [5.74, 6) is -0.128. The summed E-state index contributed by atoms with van der Waals surface area (Å²) in [5.41, 5.74) is 2.92. The second-order valence-electron chi connectivity index (χ2n) is 4.13. The van der Waals surface area contributed by atoms with Crippen LogP contribution in [0.3, 0.4) is 0 Å². The maximum atomic E-state index is 11.7. The van der Waals surface area contributed by atoms with Gasteiger partial charge in [-0.3, -0.25) is 4.79 Å².